The number of carbonyl (C=O) groups excluding carboxylic acids is 1. The Labute approximate surface area is 188 Å². The van der Waals surface area contributed by atoms with Gasteiger partial charge in [-0.2, -0.15) is 0 Å². The van der Waals surface area contributed by atoms with Gasteiger partial charge in [-0.3, -0.25) is 9.59 Å². The van der Waals surface area contributed by atoms with E-state index in [4.69, 9.17) is 0 Å². The molecule has 1 aromatic heterocycles. The van der Waals surface area contributed by atoms with Gasteiger partial charge in [0.25, 0.3) is 11.5 Å². The van der Waals surface area contributed by atoms with Crippen molar-refractivity contribution in [3.63, 3.8) is 0 Å². The number of amides is 1. The van der Waals surface area contributed by atoms with Crippen LogP contribution in [0.1, 0.15) is 81.5 Å². The van der Waals surface area contributed by atoms with Gasteiger partial charge in [0.15, 0.2) is 0 Å². The number of hydrogen-bond donors (Lipinski definition) is 3. The summed E-state index contributed by atoms with van der Waals surface area (Å²) in [7, 11) is 0. The van der Waals surface area contributed by atoms with Gasteiger partial charge in [0, 0.05) is 20.9 Å². The van der Waals surface area contributed by atoms with Crippen LogP contribution in [0.3, 0.4) is 0 Å². The Bertz CT molecular complexity index is 880. The van der Waals surface area contributed by atoms with Gasteiger partial charge in [0.05, 0.1) is 5.52 Å². The fourth-order valence-corrected chi connectivity index (χ4v) is 4.74. The highest BCUT2D eigenvalue weighted by Crippen LogP contribution is 2.32. The van der Waals surface area contributed by atoms with Crippen molar-refractivity contribution < 1.29 is 9.90 Å². The molecule has 0 fully saturated rings. The van der Waals surface area contributed by atoms with Gasteiger partial charge in [0.1, 0.15) is 11.3 Å². The lowest BCUT2D eigenvalue weighted by molar-refractivity contribution is 0.0949. The van der Waals surface area contributed by atoms with Crippen molar-refractivity contribution in [1.29, 1.82) is 0 Å². The van der Waals surface area contributed by atoms with Crippen LogP contribution in [-0.4, -0.2) is 22.5 Å². The third-order valence-electron chi connectivity index (χ3n) is 5.06. The largest absolute Gasteiger partial charge is 0.506 e. The Morgan fingerprint density at radius 2 is 1.59 bits per heavy atom. The van der Waals surface area contributed by atoms with Crippen molar-refractivity contribution >= 4 is 48.7 Å². The highest BCUT2D eigenvalue weighted by Gasteiger charge is 2.20. The first-order chi connectivity index (χ1) is 14.0. The molecule has 2 rings (SSSR count). The quantitative estimate of drug-likeness (QED) is 0.278. The molecule has 2 aromatic rings. The first kappa shape index (κ1) is 23.9. The lowest BCUT2D eigenvalue weighted by Crippen LogP contribution is -2.30. The number of aromatic hydroxyl groups is 1. The number of unbranched alkanes of at least 4 members (excludes halogenated alkanes) is 9. The number of H-pyrrole nitrogens is 1. The summed E-state index contributed by atoms with van der Waals surface area (Å²) in [5.74, 6) is -0.844. The Balaban J connectivity index is 1.80. The average Bonchev–Trinajstić information content (AvgIpc) is 2.67. The predicted molar refractivity (Wildman–Crippen MR) is 126 cm³/mol. The van der Waals surface area contributed by atoms with E-state index in [1.54, 1.807) is 12.1 Å². The highest BCUT2D eigenvalue weighted by atomic mass is 79.9. The summed E-state index contributed by atoms with van der Waals surface area (Å²) in [5.41, 5.74) is -0.380. The molecule has 0 bridgehead atoms. The van der Waals surface area contributed by atoms with Gasteiger partial charge < -0.3 is 15.4 Å². The van der Waals surface area contributed by atoms with Crippen molar-refractivity contribution in [2.45, 2.75) is 71.1 Å². The summed E-state index contributed by atoms with van der Waals surface area (Å²) in [6.45, 7) is 2.72. The van der Waals surface area contributed by atoms with Crippen LogP contribution in [0.2, 0.25) is 0 Å². The number of aromatic nitrogens is 1. The predicted octanol–water partition coefficient (Wildman–Crippen LogP) is 6.41. The molecule has 0 atom stereocenters. The van der Waals surface area contributed by atoms with E-state index in [2.05, 4.69) is 49.1 Å². The van der Waals surface area contributed by atoms with E-state index in [0.717, 1.165) is 23.7 Å². The second-order valence-electron chi connectivity index (χ2n) is 7.43. The smallest absolute Gasteiger partial charge is 0.265 e. The molecule has 0 spiro atoms. The Kier molecular flexibility index (Phi) is 10.2. The van der Waals surface area contributed by atoms with E-state index in [1.807, 2.05) is 0 Å². The summed E-state index contributed by atoms with van der Waals surface area (Å²) < 4.78 is 1.36. The zero-order valence-corrected chi connectivity index (χ0v) is 20.1. The molecule has 1 amide bonds. The van der Waals surface area contributed by atoms with E-state index in [9.17, 15) is 14.7 Å². The molecule has 0 aliphatic heterocycles. The fourth-order valence-electron chi connectivity index (χ4n) is 3.42. The van der Waals surface area contributed by atoms with Crippen molar-refractivity contribution in [2.24, 2.45) is 0 Å². The molecule has 0 saturated heterocycles. The van der Waals surface area contributed by atoms with Crippen molar-refractivity contribution in [3.05, 3.63) is 37.0 Å². The van der Waals surface area contributed by atoms with Crippen LogP contribution in [0.5, 0.6) is 5.75 Å². The molecule has 0 radical (unpaired) electrons. The maximum absolute atomic E-state index is 12.4. The van der Waals surface area contributed by atoms with Crippen molar-refractivity contribution in [2.75, 3.05) is 6.54 Å². The molecule has 0 aliphatic rings. The number of halogens is 2. The monoisotopic (exact) mass is 528 g/mol. The molecule has 1 heterocycles. The second kappa shape index (κ2) is 12.4. The Morgan fingerprint density at radius 3 is 2.21 bits per heavy atom. The minimum Gasteiger partial charge on any atom is -0.506 e. The normalized spacial score (nSPS) is 11.1. The molecule has 3 N–H and O–H groups in total. The maximum atomic E-state index is 12.4. The zero-order valence-electron chi connectivity index (χ0n) is 17.0. The lowest BCUT2D eigenvalue weighted by Gasteiger charge is -2.10. The van der Waals surface area contributed by atoms with Crippen LogP contribution in [0, 0.1) is 0 Å². The first-order valence-corrected chi connectivity index (χ1v) is 12.1. The van der Waals surface area contributed by atoms with Crippen molar-refractivity contribution in [3.8, 4) is 5.75 Å². The van der Waals surface area contributed by atoms with E-state index < -0.39 is 11.5 Å². The number of fused-ring (bicyclic) bond motifs is 1. The third-order valence-corrected chi connectivity index (χ3v) is 6.14. The zero-order chi connectivity index (χ0) is 21.2. The molecule has 0 saturated carbocycles. The van der Waals surface area contributed by atoms with Gasteiger partial charge in [-0.05, 0) is 34.5 Å². The summed E-state index contributed by atoms with van der Waals surface area (Å²) >= 11 is 6.71. The summed E-state index contributed by atoms with van der Waals surface area (Å²) in [5, 5.41) is 13.7. The summed E-state index contributed by atoms with van der Waals surface area (Å²) in [6, 6.07) is 3.44. The molecule has 160 valence electrons. The van der Waals surface area contributed by atoms with E-state index in [0.29, 0.717) is 21.9 Å². The molecule has 1 aromatic carbocycles. The number of benzene rings is 1. The molecule has 7 heteroatoms. The molecular weight excluding hydrogens is 500 g/mol. The number of nitrogens with one attached hydrogen (secondary N) is 2. The van der Waals surface area contributed by atoms with E-state index in [-0.39, 0.29) is 11.3 Å². The topological polar surface area (TPSA) is 82.2 Å². The lowest BCUT2D eigenvalue weighted by atomic mass is 10.1. The van der Waals surface area contributed by atoms with Crippen LogP contribution in [0.15, 0.2) is 25.9 Å². The van der Waals surface area contributed by atoms with Crippen molar-refractivity contribution in [1.82, 2.24) is 10.3 Å². The minimum atomic E-state index is -0.599. The SMILES string of the molecule is CCCCCCCCCCCCNC(=O)c1c(O)c2cc(Br)cc(Br)c2[nH]c1=O. The number of aromatic amines is 1. The van der Waals surface area contributed by atoms with Crippen LogP contribution in [0.25, 0.3) is 10.9 Å². The Hall–Kier alpha value is -1.34. The fraction of sp³-hybridized carbons (Fsp3) is 0.545. The van der Waals surface area contributed by atoms with Gasteiger partial charge in [-0.15, -0.1) is 0 Å². The van der Waals surface area contributed by atoms with E-state index >= 15 is 0 Å². The second-order valence-corrected chi connectivity index (χ2v) is 9.20. The first-order valence-electron chi connectivity index (χ1n) is 10.5. The number of carbonyl (C=O) groups is 1. The highest BCUT2D eigenvalue weighted by molar-refractivity contribution is 9.11. The van der Waals surface area contributed by atoms with Crippen LogP contribution in [-0.2, 0) is 0 Å². The van der Waals surface area contributed by atoms with Gasteiger partial charge in [-0.1, -0.05) is 80.6 Å². The number of hydrogen-bond acceptors (Lipinski definition) is 3. The van der Waals surface area contributed by atoms with Gasteiger partial charge in [-0.25, -0.2) is 0 Å². The standard InChI is InChI=1S/C22H30Br2N2O3/c1-2-3-4-5-6-7-8-9-10-11-12-25-21(28)18-20(27)16-13-15(23)14-17(24)19(16)26-22(18)29/h13-14H,2-12H2,1H3,(H,25,28)(H2,26,27,29). The van der Waals surface area contributed by atoms with Gasteiger partial charge in [0.2, 0.25) is 0 Å². The van der Waals surface area contributed by atoms with Gasteiger partial charge >= 0.3 is 0 Å². The summed E-state index contributed by atoms with van der Waals surface area (Å²) in [4.78, 5) is 27.4. The van der Waals surface area contributed by atoms with Crippen LogP contribution < -0.4 is 10.9 Å². The van der Waals surface area contributed by atoms with Crippen LogP contribution >= 0.6 is 31.9 Å². The van der Waals surface area contributed by atoms with Crippen LogP contribution in [0.4, 0.5) is 0 Å². The average molecular weight is 530 g/mol. The summed E-state index contributed by atoms with van der Waals surface area (Å²) in [6.07, 6.45) is 12.2. The third kappa shape index (κ3) is 7.14. The van der Waals surface area contributed by atoms with E-state index in [1.165, 1.54) is 44.9 Å². The maximum Gasteiger partial charge on any atom is 0.265 e. The molecule has 29 heavy (non-hydrogen) atoms. The molecular formula is C22H30Br2N2O3. The Morgan fingerprint density at radius 1 is 1.00 bits per heavy atom. The molecule has 0 aliphatic carbocycles. The number of pyridine rings is 1. The minimum absolute atomic E-state index is 0.241. The molecule has 5 nitrogen and oxygen atoms in total. The molecule has 0 unspecified atom stereocenters. The number of rotatable bonds is 12.